The molecule has 2 aromatic rings. The van der Waals surface area contributed by atoms with Crippen molar-refractivity contribution in [3.63, 3.8) is 0 Å². The third kappa shape index (κ3) is 2.85. The zero-order valence-corrected chi connectivity index (χ0v) is 11.0. The van der Waals surface area contributed by atoms with Crippen molar-refractivity contribution in [2.75, 3.05) is 0 Å². The molecule has 1 aliphatic carbocycles. The van der Waals surface area contributed by atoms with Crippen molar-refractivity contribution in [3.8, 4) is 0 Å². The van der Waals surface area contributed by atoms with Crippen molar-refractivity contribution >= 4 is 0 Å². The number of benzene rings is 1. The summed E-state index contributed by atoms with van der Waals surface area (Å²) < 4.78 is 26.5. The Hall–Kier alpha value is -1.81. The Morgan fingerprint density at radius 1 is 1.20 bits per heavy atom. The fraction of sp³-hybridized carbons (Fsp3) is 0.312. The second-order valence-electron chi connectivity index (χ2n) is 5.27. The highest BCUT2D eigenvalue weighted by molar-refractivity contribution is 5.21. The van der Waals surface area contributed by atoms with Crippen LogP contribution in [0.2, 0.25) is 0 Å². The van der Waals surface area contributed by atoms with Gasteiger partial charge in [-0.25, -0.2) is 8.78 Å². The van der Waals surface area contributed by atoms with Gasteiger partial charge in [-0.3, -0.25) is 4.98 Å². The summed E-state index contributed by atoms with van der Waals surface area (Å²) >= 11 is 0. The van der Waals surface area contributed by atoms with E-state index in [-0.39, 0.29) is 5.82 Å². The lowest BCUT2D eigenvalue weighted by Gasteiger charge is -2.36. The number of hydrogen-bond acceptors (Lipinski definition) is 2. The molecule has 4 heteroatoms. The van der Waals surface area contributed by atoms with Crippen LogP contribution in [-0.2, 0) is 6.54 Å². The largest absolute Gasteiger partial charge is 0.310 e. The number of aromatic nitrogens is 1. The third-order valence-electron chi connectivity index (χ3n) is 3.88. The lowest BCUT2D eigenvalue weighted by Crippen LogP contribution is -2.39. The van der Waals surface area contributed by atoms with Crippen LogP contribution in [-0.4, -0.2) is 11.0 Å². The first-order chi connectivity index (χ1) is 9.72. The molecule has 1 fully saturated rings. The van der Waals surface area contributed by atoms with E-state index in [4.69, 9.17) is 0 Å². The summed E-state index contributed by atoms with van der Waals surface area (Å²) in [6, 6.07) is 7.95. The monoisotopic (exact) mass is 274 g/mol. The predicted molar refractivity (Wildman–Crippen MR) is 73.2 cm³/mol. The Labute approximate surface area is 116 Å². The summed E-state index contributed by atoms with van der Waals surface area (Å²) in [5.74, 6) is -0.231. The molecule has 0 atom stereocenters. The van der Waals surface area contributed by atoms with Crippen molar-refractivity contribution in [2.45, 2.75) is 31.3 Å². The fourth-order valence-electron chi connectivity index (χ4n) is 2.61. The first-order valence-corrected chi connectivity index (χ1v) is 6.79. The summed E-state index contributed by atoms with van der Waals surface area (Å²) in [6.45, 7) is 0.369. The summed E-state index contributed by atoms with van der Waals surface area (Å²) in [5, 5.41) is 3.28. The fourth-order valence-corrected chi connectivity index (χ4v) is 2.61. The van der Waals surface area contributed by atoms with Gasteiger partial charge < -0.3 is 5.32 Å². The van der Waals surface area contributed by atoms with Gasteiger partial charge >= 0.3 is 0 Å². The number of nitrogens with zero attached hydrogens (tertiary/aromatic N) is 1. The molecular weight excluding hydrogens is 258 g/mol. The smallest absolute Gasteiger partial charge is 0.127 e. The maximum atomic E-state index is 13.5. The van der Waals surface area contributed by atoms with Crippen LogP contribution in [0.4, 0.5) is 8.78 Å². The van der Waals surface area contributed by atoms with Crippen LogP contribution in [0.15, 0.2) is 42.7 Å². The van der Waals surface area contributed by atoms with E-state index in [9.17, 15) is 8.78 Å². The van der Waals surface area contributed by atoms with Crippen LogP contribution < -0.4 is 5.32 Å². The molecular formula is C16H16F2N2. The van der Waals surface area contributed by atoms with E-state index in [1.165, 1.54) is 17.7 Å². The maximum Gasteiger partial charge on any atom is 0.127 e. The normalized spacial score (nSPS) is 21.5. The maximum absolute atomic E-state index is 13.5. The number of halogens is 2. The Bertz CT molecular complexity index is 580. The number of hydrogen-bond donors (Lipinski definition) is 1. The molecule has 0 spiro atoms. The Balaban J connectivity index is 1.51. The van der Waals surface area contributed by atoms with Crippen LogP contribution in [0.5, 0.6) is 0 Å². The second kappa shape index (κ2) is 5.67. The molecule has 1 saturated carbocycles. The van der Waals surface area contributed by atoms with E-state index < -0.39 is 5.82 Å². The van der Waals surface area contributed by atoms with Crippen molar-refractivity contribution in [1.82, 2.24) is 10.3 Å². The summed E-state index contributed by atoms with van der Waals surface area (Å²) in [4.78, 5) is 4.12. The summed E-state index contributed by atoms with van der Waals surface area (Å²) in [5.41, 5.74) is 1.64. The van der Waals surface area contributed by atoms with E-state index in [1.807, 2.05) is 12.3 Å². The molecule has 1 aliphatic rings. The Kier molecular flexibility index (Phi) is 3.74. The van der Waals surface area contributed by atoms with Crippen LogP contribution in [0.1, 0.15) is 29.9 Å². The zero-order valence-electron chi connectivity index (χ0n) is 11.0. The molecule has 104 valence electrons. The van der Waals surface area contributed by atoms with Gasteiger partial charge in [0.25, 0.3) is 0 Å². The molecule has 1 N–H and O–H groups in total. The highest BCUT2D eigenvalue weighted by atomic mass is 19.1. The van der Waals surface area contributed by atoms with Crippen LogP contribution >= 0.6 is 0 Å². The van der Waals surface area contributed by atoms with Gasteiger partial charge in [0.2, 0.25) is 0 Å². The lowest BCUT2D eigenvalue weighted by atomic mass is 9.76. The lowest BCUT2D eigenvalue weighted by molar-refractivity contribution is 0.288. The van der Waals surface area contributed by atoms with Crippen molar-refractivity contribution in [3.05, 3.63) is 65.5 Å². The van der Waals surface area contributed by atoms with Crippen LogP contribution in [0.3, 0.4) is 0 Å². The topological polar surface area (TPSA) is 24.9 Å². The molecule has 0 amide bonds. The van der Waals surface area contributed by atoms with Gasteiger partial charge in [0.15, 0.2) is 0 Å². The van der Waals surface area contributed by atoms with E-state index in [2.05, 4.69) is 16.4 Å². The van der Waals surface area contributed by atoms with E-state index in [1.54, 1.807) is 6.20 Å². The van der Waals surface area contributed by atoms with Gasteiger partial charge in [-0.2, -0.15) is 0 Å². The number of rotatable bonds is 4. The molecule has 1 aromatic carbocycles. The molecule has 1 heterocycles. The minimum Gasteiger partial charge on any atom is -0.310 e. The average molecular weight is 274 g/mol. The van der Waals surface area contributed by atoms with Crippen molar-refractivity contribution in [2.24, 2.45) is 0 Å². The Morgan fingerprint density at radius 2 is 2.05 bits per heavy atom. The average Bonchev–Trinajstić information content (AvgIpc) is 2.42. The second-order valence-corrected chi connectivity index (χ2v) is 5.27. The minimum absolute atomic E-state index is 0.359. The van der Waals surface area contributed by atoms with E-state index in [0.717, 1.165) is 18.9 Å². The summed E-state index contributed by atoms with van der Waals surface area (Å²) in [6.07, 6.45) is 5.70. The van der Waals surface area contributed by atoms with Gasteiger partial charge in [-0.1, -0.05) is 6.07 Å². The molecule has 0 bridgehead atoms. The van der Waals surface area contributed by atoms with Gasteiger partial charge in [0, 0.05) is 30.5 Å². The number of pyridine rings is 1. The van der Waals surface area contributed by atoms with Gasteiger partial charge in [-0.05, 0) is 48.6 Å². The van der Waals surface area contributed by atoms with Gasteiger partial charge in [0.05, 0.1) is 0 Å². The molecule has 3 rings (SSSR count). The zero-order chi connectivity index (χ0) is 13.9. The SMILES string of the molecule is Fc1ccc(F)c(CNC2CC(c3cccnc3)C2)c1. The minimum atomic E-state index is -0.398. The highest BCUT2D eigenvalue weighted by Gasteiger charge is 2.29. The van der Waals surface area contributed by atoms with Crippen LogP contribution in [0, 0.1) is 11.6 Å². The van der Waals surface area contributed by atoms with Gasteiger partial charge in [0.1, 0.15) is 11.6 Å². The molecule has 0 aliphatic heterocycles. The number of nitrogens with one attached hydrogen (secondary N) is 1. The van der Waals surface area contributed by atoms with E-state index >= 15 is 0 Å². The standard InChI is InChI=1S/C16H16F2N2/c17-14-3-4-16(18)13(6-14)10-20-15-7-12(8-15)11-2-1-5-19-9-11/h1-6,9,12,15,20H,7-8,10H2. The highest BCUT2D eigenvalue weighted by Crippen LogP contribution is 2.36. The van der Waals surface area contributed by atoms with Crippen molar-refractivity contribution < 1.29 is 8.78 Å². The molecule has 0 unspecified atom stereocenters. The van der Waals surface area contributed by atoms with Gasteiger partial charge in [-0.15, -0.1) is 0 Å². The Morgan fingerprint density at radius 3 is 2.80 bits per heavy atom. The first-order valence-electron chi connectivity index (χ1n) is 6.79. The molecule has 2 nitrogen and oxygen atoms in total. The predicted octanol–water partition coefficient (Wildman–Crippen LogP) is 3.40. The molecule has 0 saturated heterocycles. The van der Waals surface area contributed by atoms with Crippen molar-refractivity contribution in [1.29, 1.82) is 0 Å². The quantitative estimate of drug-likeness (QED) is 0.924. The summed E-state index contributed by atoms with van der Waals surface area (Å²) in [7, 11) is 0. The first kappa shape index (κ1) is 13.2. The molecule has 0 radical (unpaired) electrons. The van der Waals surface area contributed by atoms with E-state index in [0.29, 0.717) is 24.1 Å². The molecule has 20 heavy (non-hydrogen) atoms. The molecule has 1 aromatic heterocycles. The van der Waals surface area contributed by atoms with Crippen LogP contribution in [0.25, 0.3) is 0 Å². The third-order valence-corrected chi connectivity index (χ3v) is 3.88.